The lowest BCUT2D eigenvalue weighted by Gasteiger charge is -2.15. The molecule has 1 aromatic heterocycles. The van der Waals surface area contributed by atoms with Crippen molar-refractivity contribution in [1.82, 2.24) is 15.2 Å². The zero-order valence-corrected chi connectivity index (χ0v) is 16.1. The van der Waals surface area contributed by atoms with Crippen molar-refractivity contribution in [3.05, 3.63) is 66.5 Å². The highest BCUT2D eigenvalue weighted by atomic mass is 16.2. The van der Waals surface area contributed by atoms with E-state index in [2.05, 4.69) is 10.6 Å². The number of aromatic nitrogens is 1. The molecule has 0 aliphatic carbocycles. The van der Waals surface area contributed by atoms with Crippen LogP contribution >= 0.6 is 0 Å². The molecule has 1 aliphatic heterocycles. The third-order valence-corrected chi connectivity index (χ3v) is 5.20. The fraction of sp³-hybridized carbons (Fsp3) is 0.227. The molecule has 3 aromatic rings. The van der Waals surface area contributed by atoms with Gasteiger partial charge in [-0.25, -0.2) is 9.69 Å². The van der Waals surface area contributed by atoms with Gasteiger partial charge >= 0.3 is 6.03 Å². The van der Waals surface area contributed by atoms with Gasteiger partial charge in [-0.3, -0.25) is 9.59 Å². The second-order valence-electron chi connectivity index (χ2n) is 7.10. The van der Waals surface area contributed by atoms with Gasteiger partial charge in [0.1, 0.15) is 6.04 Å². The number of nitrogens with one attached hydrogen (secondary N) is 2. The number of hydrogen-bond donors (Lipinski definition) is 2. The highest BCUT2D eigenvalue weighted by Gasteiger charge is 2.39. The van der Waals surface area contributed by atoms with Crippen molar-refractivity contribution in [1.29, 1.82) is 0 Å². The number of urea groups is 1. The number of carbonyl (C=O) groups is 3. The lowest BCUT2D eigenvalue weighted by Crippen LogP contribution is -2.32. The molecule has 0 radical (unpaired) electrons. The number of anilines is 1. The summed E-state index contributed by atoms with van der Waals surface area (Å²) in [6.07, 6.45) is 2.32. The molecule has 29 heavy (non-hydrogen) atoms. The summed E-state index contributed by atoms with van der Waals surface area (Å²) >= 11 is 0. The molecule has 0 spiro atoms. The van der Waals surface area contributed by atoms with Crippen molar-refractivity contribution in [2.45, 2.75) is 25.4 Å². The van der Waals surface area contributed by atoms with Crippen molar-refractivity contribution in [3.63, 3.8) is 0 Å². The standard InChI is InChI=1S/C22H22N4O3/c1-25-13-5-8-16(25)14-23-20(27)12-11-18-21(28)26(22(29)24-18)19-10-4-7-15-6-2-3-9-17(15)19/h2-10,13,18H,11-12,14H2,1H3,(H,23,27)(H,24,29). The van der Waals surface area contributed by atoms with E-state index in [9.17, 15) is 14.4 Å². The fourth-order valence-electron chi connectivity index (χ4n) is 3.59. The Morgan fingerprint density at radius 1 is 1.07 bits per heavy atom. The van der Waals surface area contributed by atoms with Crippen LogP contribution in [0, 0.1) is 0 Å². The van der Waals surface area contributed by atoms with Crippen LogP contribution in [-0.4, -0.2) is 28.5 Å². The molecule has 1 saturated heterocycles. The molecular formula is C22H22N4O3. The lowest BCUT2D eigenvalue weighted by atomic mass is 10.1. The van der Waals surface area contributed by atoms with E-state index in [1.807, 2.05) is 66.3 Å². The second kappa shape index (κ2) is 7.79. The predicted octanol–water partition coefficient (Wildman–Crippen LogP) is 2.70. The quantitative estimate of drug-likeness (QED) is 0.635. The van der Waals surface area contributed by atoms with Crippen LogP contribution in [-0.2, 0) is 23.2 Å². The molecule has 2 N–H and O–H groups in total. The van der Waals surface area contributed by atoms with Crippen LogP contribution in [0.5, 0.6) is 0 Å². The third kappa shape index (κ3) is 3.71. The van der Waals surface area contributed by atoms with Gasteiger partial charge in [0.05, 0.1) is 12.2 Å². The molecule has 0 bridgehead atoms. The second-order valence-corrected chi connectivity index (χ2v) is 7.10. The molecule has 2 heterocycles. The van der Waals surface area contributed by atoms with E-state index < -0.39 is 12.1 Å². The Labute approximate surface area is 168 Å². The van der Waals surface area contributed by atoms with Gasteiger partial charge in [0.25, 0.3) is 5.91 Å². The fourth-order valence-corrected chi connectivity index (χ4v) is 3.59. The van der Waals surface area contributed by atoms with Gasteiger partial charge in [0.15, 0.2) is 0 Å². The van der Waals surface area contributed by atoms with Crippen LogP contribution in [0.2, 0.25) is 0 Å². The summed E-state index contributed by atoms with van der Waals surface area (Å²) in [5.74, 6) is -0.488. The van der Waals surface area contributed by atoms with E-state index >= 15 is 0 Å². The van der Waals surface area contributed by atoms with E-state index in [4.69, 9.17) is 0 Å². The van der Waals surface area contributed by atoms with E-state index in [0.29, 0.717) is 12.2 Å². The van der Waals surface area contributed by atoms with Crippen molar-refractivity contribution in [2.24, 2.45) is 7.05 Å². The highest BCUT2D eigenvalue weighted by Crippen LogP contribution is 2.29. The molecule has 148 valence electrons. The first-order valence-electron chi connectivity index (χ1n) is 9.54. The molecule has 0 saturated carbocycles. The summed E-state index contributed by atoms with van der Waals surface area (Å²) < 4.78 is 1.93. The molecule has 1 aliphatic rings. The maximum absolute atomic E-state index is 12.9. The zero-order chi connectivity index (χ0) is 20.4. The molecule has 7 heteroatoms. The molecular weight excluding hydrogens is 368 g/mol. The first-order valence-corrected chi connectivity index (χ1v) is 9.54. The summed E-state index contributed by atoms with van der Waals surface area (Å²) in [5, 5.41) is 7.34. The summed E-state index contributed by atoms with van der Waals surface area (Å²) in [7, 11) is 1.91. The Balaban J connectivity index is 1.40. The zero-order valence-electron chi connectivity index (χ0n) is 16.1. The van der Waals surface area contributed by atoms with Crippen molar-refractivity contribution in [3.8, 4) is 0 Å². The summed E-state index contributed by atoms with van der Waals surface area (Å²) in [6, 6.07) is 15.8. The van der Waals surface area contributed by atoms with Crippen LogP contribution in [0.1, 0.15) is 18.5 Å². The van der Waals surface area contributed by atoms with E-state index in [0.717, 1.165) is 16.5 Å². The van der Waals surface area contributed by atoms with Crippen molar-refractivity contribution < 1.29 is 14.4 Å². The lowest BCUT2D eigenvalue weighted by molar-refractivity contribution is -0.122. The van der Waals surface area contributed by atoms with Crippen LogP contribution in [0.4, 0.5) is 10.5 Å². The number of aryl methyl sites for hydroxylation is 1. The average molecular weight is 390 g/mol. The molecule has 4 amide bonds. The van der Waals surface area contributed by atoms with Gasteiger partial charge in [0, 0.05) is 30.7 Å². The Morgan fingerprint density at radius 2 is 1.86 bits per heavy atom. The van der Waals surface area contributed by atoms with Crippen molar-refractivity contribution >= 4 is 34.3 Å². The number of hydrogen-bond acceptors (Lipinski definition) is 3. The maximum Gasteiger partial charge on any atom is 0.329 e. The van der Waals surface area contributed by atoms with Gasteiger partial charge in [-0.2, -0.15) is 0 Å². The van der Waals surface area contributed by atoms with Gasteiger partial charge in [-0.05, 0) is 30.0 Å². The predicted molar refractivity (Wildman–Crippen MR) is 110 cm³/mol. The number of fused-ring (bicyclic) bond motifs is 1. The van der Waals surface area contributed by atoms with E-state index in [-0.39, 0.29) is 24.7 Å². The van der Waals surface area contributed by atoms with Gasteiger partial charge in [-0.1, -0.05) is 36.4 Å². The Kier molecular flexibility index (Phi) is 5.03. The normalized spacial score (nSPS) is 16.3. The van der Waals surface area contributed by atoms with Crippen molar-refractivity contribution in [2.75, 3.05) is 4.90 Å². The molecule has 1 fully saturated rings. The summed E-state index contributed by atoms with van der Waals surface area (Å²) in [6.45, 7) is 0.426. The van der Waals surface area contributed by atoms with Crippen LogP contribution in [0.15, 0.2) is 60.8 Å². The minimum Gasteiger partial charge on any atom is -0.353 e. The van der Waals surface area contributed by atoms with Gasteiger partial charge in [0.2, 0.25) is 5.91 Å². The number of imide groups is 1. The topological polar surface area (TPSA) is 83.4 Å². The Morgan fingerprint density at radius 3 is 2.66 bits per heavy atom. The van der Waals surface area contributed by atoms with E-state index in [1.54, 1.807) is 6.07 Å². The largest absolute Gasteiger partial charge is 0.353 e. The monoisotopic (exact) mass is 390 g/mol. The molecule has 1 unspecified atom stereocenters. The highest BCUT2D eigenvalue weighted by molar-refractivity contribution is 6.24. The van der Waals surface area contributed by atoms with Crippen LogP contribution < -0.4 is 15.5 Å². The Bertz CT molecular complexity index is 1080. The number of nitrogens with zero attached hydrogens (tertiary/aromatic N) is 2. The smallest absolute Gasteiger partial charge is 0.329 e. The summed E-state index contributed by atoms with van der Waals surface area (Å²) in [4.78, 5) is 38.7. The summed E-state index contributed by atoms with van der Waals surface area (Å²) in [5.41, 5.74) is 1.55. The number of benzene rings is 2. The first-order chi connectivity index (χ1) is 14.0. The van der Waals surface area contributed by atoms with Gasteiger partial charge < -0.3 is 15.2 Å². The first kappa shape index (κ1) is 18.7. The van der Waals surface area contributed by atoms with Crippen LogP contribution in [0.3, 0.4) is 0 Å². The minimum atomic E-state index is -0.706. The molecule has 2 aromatic carbocycles. The van der Waals surface area contributed by atoms with E-state index in [1.165, 1.54) is 4.90 Å². The third-order valence-electron chi connectivity index (χ3n) is 5.20. The average Bonchev–Trinajstić information content (AvgIpc) is 3.26. The SMILES string of the molecule is Cn1cccc1CNC(=O)CCC1NC(=O)N(c2cccc3ccccc23)C1=O. The minimum absolute atomic E-state index is 0.156. The number of carbonyl (C=O) groups excluding carboxylic acids is 3. The van der Waals surface area contributed by atoms with Gasteiger partial charge in [-0.15, -0.1) is 0 Å². The maximum atomic E-state index is 12.9. The molecule has 1 atom stereocenters. The number of amides is 4. The van der Waals surface area contributed by atoms with Crippen LogP contribution in [0.25, 0.3) is 10.8 Å². The Hall–Kier alpha value is -3.61. The number of rotatable bonds is 6. The molecule has 4 rings (SSSR count). The molecule has 7 nitrogen and oxygen atoms in total.